The van der Waals surface area contributed by atoms with Crippen molar-refractivity contribution in [3.05, 3.63) is 70.1 Å². The molecule has 1 aliphatic carbocycles. The van der Waals surface area contributed by atoms with Crippen molar-refractivity contribution in [1.82, 2.24) is 9.88 Å². The van der Waals surface area contributed by atoms with Crippen molar-refractivity contribution < 1.29 is 4.79 Å². The van der Waals surface area contributed by atoms with Gasteiger partial charge < -0.3 is 9.88 Å². The summed E-state index contributed by atoms with van der Waals surface area (Å²) < 4.78 is 1.43. The van der Waals surface area contributed by atoms with Crippen molar-refractivity contribution in [1.29, 1.82) is 0 Å². The standard InChI is InChI=1S/C19H22N2O2/c1-21-13-16(11-12-17(21)22)19(23)20-18(15-9-5-6-10-15)14-7-3-2-4-8-14/h2-4,7-8,11-13,15,18H,5-6,9-10H2,1H3,(H,20,23). The number of aromatic nitrogens is 1. The van der Waals surface area contributed by atoms with Gasteiger partial charge in [0.05, 0.1) is 11.6 Å². The Bertz CT molecular complexity index is 731. The number of hydrogen-bond donors (Lipinski definition) is 1. The van der Waals surface area contributed by atoms with Crippen molar-refractivity contribution >= 4 is 5.91 Å². The van der Waals surface area contributed by atoms with Crippen LogP contribution in [0.3, 0.4) is 0 Å². The van der Waals surface area contributed by atoms with Gasteiger partial charge in [-0.15, -0.1) is 0 Å². The lowest BCUT2D eigenvalue weighted by Crippen LogP contribution is -2.33. The molecule has 2 aromatic rings. The number of carbonyl (C=O) groups excluding carboxylic acids is 1. The monoisotopic (exact) mass is 310 g/mol. The summed E-state index contributed by atoms with van der Waals surface area (Å²) in [7, 11) is 1.66. The van der Waals surface area contributed by atoms with E-state index in [2.05, 4.69) is 17.4 Å². The molecule has 1 fully saturated rings. The first-order valence-corrected chi connectivity index (χ1v) is 8.17. The minimum atomic E-state index is -0.124. The van der Waals surface area contributed by atoms with Crippen molar-refractivity contribution in [3.8, 4) is 0 Å². The first kappa shape index (κ1) is 15.5. The van der Waals surface area contributed by atoms with Crippen LogP contribution >= 0.6 is 0 Å². The number of aryl methyl sites for hydroxylation is 1. The van der Waals surface area contributed by atoms with E-state index in [1.54, 1.807) is 19.3 Å². The third kappa shape index (κ3) is 3.52. The molecule has 1 aromatic heterocycles. The predicted octanol–water partition coefficient (Wildman–Crippen LogP) is 3.05. The zero-order valence-corrected chi connectivity index (χ0v) is 13.4. The lowest BCUT2D eigenvalue weighted by molar-refractivity contribution is 0.0921. The molecule has 1 amide bonds. The average molecular weight is 310 g/mol. The molecule has 0 radical (unpaired) electrons. The molecule has 1 atom stereocenters. The van der Waals surface area contributed by atoms with Crippen LogP contribution in [0.25, 0.3) is 0 Å². The van der Waals surface area contributed by atoms with Gasteiger partial charge in [-0.05, 0) is 30.4 Å². The Morgan fingerprint density at radius 2 is 1.83 bits per heavy atom. The van der Waals surface area contributed by atoms with Gasteiger partial charge >= 0.3 is 0 Å². The Morgan fingerprint density at radius 1 is 1.13 bits per heavy atom. The van der Waals surface area contributed by atoms with Crippen LogP contribution in [0.1, 0.15) is 47.6 Å². The fourth-order valence-corrected chi connectivity index (χ4v) is 3.38. The molecule has 0 bridgehead atoms. The lowest BCUT2D eigenvalue weighted by Gasteiger charge is -2.25. The zero-order chi connectivity index (χ0) is 16.2. The van der Waals surface area contributed by atoms with Crippen molar-refractivity contribution in [2.24, 2.45) is 13.0 Å². The summed E-state index contributed by atoms with van der Waals surface area (Å²) in [6.07, 6.45) is 6.34. The van der Waals surface area contributed by atoms with Crippen molar-refractivity contribution in [3.63, 3.8) is 0 Å². The molecule has 3 rings (SSSR count). The third-order valence-electron chi connectivity index (χ3n) is 4.66. The van der Waals surface area contributed by atoms with E-state index in [4.69, 9.17) is 0 Å². The number of benzene rings is 1. The first-order valence-electron chi connectivity index (χ1n) is 8.17. The molecule has 4 heteroatoms. The quantitative estimate of drug-likeness (QED) is 0.943. The molecule has 1 unspecified atom stereocenters. The van der Waals surface area contributed by atoms with Crippen molar-refractivity contribution in [2.75, 3.05) is 0 Å². The van der Waals surface area contributed by atoms with Gasteiger partial charge in [-0.2, -0.15) is 0 Å². The fourth-order valence-electron chi connectivity index (χ4n) is 3.38. The Labute approximate surface area is 136 Å². The highest BCUT2D eigenvalue weighted by molar-refractivity contribution is 5.94. The highest BCUT2D eigenvalue weighted by atomic mass is 16.2. The molecule has 1 aliphatic rings. The smallest absolute Gasteiger partial charge is 0.253 e. The van der Waals surface area contributed by atoms with Gasteiger partial charge in [-0.1, -0.05) is 43.2 Å². The molecule has 4 nitrogen and oxygen atoms in total. The third-order valence-corrected chi connectivity index (χ3v) is 4.66. The lowest BCUT2D eigenvalue weighted by atomic mass is 9.91. The largest absolute Gasteiger partial charge is 0.345 e. The number of amides is 1. The highest BCUT2D eigenvalue weighted by Crippen LogP contribution is 2.35. The minimum absolute atomic E-state index is 0.0310. The molecule has 1 heterocycles. The fraction of sp³-hybridized carbons (Fsp3) is 0.368. The SMILES string of the molecule is Cn1cc(C(=O)NC(c2ccccc2)C2CCCC2)ccc1=O. The van der Waals surface area contributed by atoms with E-state index in [1.165, 1.54) is 23.5 Å². The van der Waals surface area contributed by atoms with Gasteiger partial charge in [0.2, 0.25) is 5.56 Å². The number of carbonyl (C=O) groups is 1. The summed E-state index contributed by atoms with van der Waals surface area (Å²) in [5, 5.41) is 3.18. The van der Waals surface area contributed by atoms with Gasteiger partial charge in [0.1, 0.15) is 0 Å². The van der Waals surface area contributed by atoms with Crippen LogP contribution < -0.4 is 10.9 Å². The second-order valence-corrected chi connectivity index (χ2v) is 6.27. The molecule has 23 heavy (non-hydrogen) atoms. The van der Waals surface area contributed by atoms with Crippen LogP contribution in [0.5, 0.6) is 0 Å². The Balaban J connectivity index is 1.84. The predicted molar refractivity (Wildman–Crippen MR) is 90.3 cm³/mol. The highest BCUT2D eigenvalue weighted by Gasteiger charge is 2.28. The molecular weight excluding hydrogens is 288 g/mol. The van der Waals surface area contributed by atoms with E-state index in [0.717, 1.165) is 18.4 Å². The Morgan fingerprint density at radius 3 is 2.48 bits per heavy atom. The maximum atomic E-state index is 12.6. The van der Waals surface area contributed by atoms with E-state index >= 15 is 0 Å². The molecule has 1 aromatic carbocycles. The van der Waals surface area contributed by atoms with E-state index in [-0.39, 0.29) is 17.5 Å². The van der Waals surface area contributed by atoms with Crippen LogP contribution in [0.4, 0.5) is 0 Å². The number of nitrogens with zero attached hydrogens (tertiary/aromatic N) is 1. The minimum Gasteiger partial charge on any atom is -0.345 e. The molecular formula is C19H22N2O2. The van der Waals surface area contributed by atoms with E-state index in [0.29, 0.717) is 11.5 Å². The van der Waals surface area contributed by atoms with Gasteiger partial charge in [0, 0.05) is 19.3 Å². The zero-order valence-electron chi connectivity index (χ0n) is 13.4. The molecule has 0 spiro atoms. The van der Waals surface area contributed by atoms with Crippen molar-refractivity contribution in [2.45, 2.75) is 31.7 Å². The van der Waals surface area contributed by atoms with Gasteiger partial charge in [0.15, 0.2) is 0 Å². The number of rotatable bonds is 4. The normalized spacial score (nSPS) is 16.2. The average Bonchev–Trinajstić information content (AvgIpc) is 3.10. The molecule has 1 N–H and O–H groups in total. The molecule has 0 aliphatic heterocycles. The van der Waals surface area contributed by atoms with Gasteiger partial charge in [-0.3, -0.25) is 9.59 Å². The van der Waals surface area contributed by atoms with Crippen LogP contribution in [0.15, 0.2) is 53.5 Å². The number of pyridine rings is 1. The van der Waals surface area contributed by atoms with Crippen LogP contribution in [0, 0.1) is 5.92 Å². The Hall–Kier alpha value is -2.36. The summed E-state index contributed by atoms with van der Waals surface area (Å²) in [5.74, 6) is 0.357. The maximum absolute atomic E-state index is 12.6. The van der Waals surface area contributed by atoms with E-state index in [9.17, 15) is 9.59 Å². The Kier molecular flexibility index (Phi) is 4.60. The van der Waals surface area contributed by atoms with Gasteiger partial charge in [-0.25, -0.2) is 0 Å². The summed E-state index contributed by atoms with van der Waals surface area (Å²) >= 11 is 0. The molecule has 120 valence electrons. The summed E-state index contributed by atoms with van der Waals surface area (Å²) in [6.45, 7) is 0. The molecule has 1 saturated carbocycles. The van der Waals surface area contributed by atoms with E-state index in [1.807, 2.05) is 18.2 Å². The summed E-state index contributed by atoms with van der Waals surface area (Å²) in [4.78, 5) is 24.1. The first-order chi connectivity index (χ1) is 11.1. The van der Waals surface area contributed by atoms with Gasteiger partial charge in [0.25, 0.3) is 5.91 Å². The second kappa shape index (κ2) is 6.82. The maximum Gasteiger partial charge on any atom is 0.253 e. The molecule has 0 saturated heterocycles. The number of hydrogen-bond acceptors (Lipinski definition) is 2. The van der Waals surface area contributed by atoms with Crippen LogP contribution in [-0.4, -0.2) is 10.5 Å². The summed E-state index contributed by atoms with van der Waals surface area (Å²) in [5.41, 5.74) is 1.56. The second-order valence-electron chi connectivity index (χ2n) is 6.27. The van der Waals surface area contributed by atoms with Crippen LogP contribution in [-0.2, 0) is 7.05 Å². The topological polar surface area (TPSA) is 51.1 Å². The summed E-state index contributed by atoms with van der Waals surface area (Å²) in [6, 6.07) is 13.2. The number of nitrogens with one attached hydrogen (secondary N) is 1. The van der Waals surface area contributed by atoms with E-state index < -0.39 is 0 Å². The van der Waals surface area contributed by atoms with Crippen LogP contribution in [0.2, 0.25) is 0 Å².